The summed E-state index contributed by atoms with van der Waals surface area (Å²) in [5.74, 6) is 0.146. The van der Waals surface area contributed by atoms with Crippen LogP contribution in [0, 0.1) is 5.92 Å². The van der Waals surface area contributed by atoms with Gasteiger partial charge >= 0.3 is 0 Å². The van der Waals surface area contributed by atoms with Gasteiger partial charge in [0.05, 0.1) is 18.3 Å². The number of hydrogen-bond donors (Lipinski definition) is 1. The summed E-state index contributed by atoms with van der Waals surface area (Å²) >= 11 is 0. The van der Waals surface area contributed by atoms with Crippen molar-refractivity contribution >= 4 is 5.78 Å². The highest BCUT2D eigenvalue weighted by Crippen LogP contribution is 2.42. The van der Waals surface area contributed by atoms with Crippen molar-refractivity contribution in [2.45, 2.75) is 50.7 Å². The molecule has 2 N–H and O–H groups in total. The molecule has 20 heavy (non-hydrogen) atoms. The molecule has 3 rings (SSSR count). The van der Waals surface area contributed by atoms with Gasteiger partial charge in [-0.15, -0.1) is 5.10 Å². The molecular weight excluding hydrogens is 256 g/mol. The molecule has 1 spiro atoms. The first-order valence-electron chi connectivity index (χ1n) is 7.51. The number of carbonyl (C=O) groups excluding carboxylic acids is 1. The topological polar surface area (TPSA) is 83.0 Å². The molecule has 1 aliphatic carbocycles. The number of ketones is 1. The lowest BCUT2D eigenvalue weighted by molar-refractivity contribution is -0.0866. The predicted molar refractivity (Wildman–Crippen MR) is 73.3 cm³/mol. The quantitative estimate of drug-likeness (QED) is 0.836. The van der Waals surface area contributed by atoms with Crippen LogP contribution in [0.3, 0.4) is 0 Å². The fourth-order valence-corrected chi connectivity index (χ4v) is 3.48. The zero-order valence-corrected chi connectivity index (χ0v) is 11.8. The Labute approximate surface area is 118 Å². The fourth-order valence-electron chi connectivity index (χ4n) is 3.48. The van der Waals surface area contributed by atoms with Crippen LogP contribution in [-0.2, 0) is 11.3 Å². The van der Waals surface area contributed by atoms with Gasteiger partial charge in [0.2, 0.25) is 0 Å². The lowest BCUT2D eigenvalue weighted by Crippen LogP contribution is -2.39. The second kappa shape index (κ2) is 5.61. The third-order valence-corrected chi connectivity index (χ3v) is 4.53. The predicted octanol–water partition coefficient (Wildman–Crippen LogP) is 1.16. The Bertz CT molecular complexity index is 479. The van der Waals surface area contributed by atoms with E-state index in [1.807, 2.05) is 0 Å². The second-order valence-corrected chi connectivity index (χ2v) is 5.95. The summed E-state index contributed by atoms with van der Waals surface area (Å²) in [6, 6.07) is 0. The van der Waals surface area contributed by atoms with E-state index in [9.17, 15) is 4.79 Å². The van der Waals surface area contributed by atoms with Crippen LogP contribution in [0.1, 0.15) is 49.0 Å². The van der Waals surface area contributed by atoms with Crippen molar-refractivity contribution in [1.82, 2.24) is 15.0 Å². The van der Waals surface area contributed by atoms with Gasteiger partial charge in [-0.3, -0.25) is 9.48 Å². The highest BCUT2D eigenvalue weighted by Gasteiger charge is 2.42. The van der Waals surface area contributed by atoms with Crippen LogP contribution in [-0.4, -0.2) is 39.5 Å². The van der Waals surface area contributed by atoms with Gasteiger partial charge < -0.3 is 10.5 Å². The average Bonchev–Trinajstić information content (AvgIpc) is 3.09. The van der Waals surface area contributed by atoms with Gasteiger partial charge in [0.25, 0.3) is 0 Å². The average molecular weight is 278 g/mol. The van der Waals surface area contributed by atoms with Crippen molar-refractivity contribution in [2.75, 3.05) is 13.2 Å². The molecule has 1 saturated heterocycles. The van der Waals surface area contributed by atoms with E-state index in [-0.39, 0.29) is 17.3 Å². The summed E-state index contributed by atoms with van der Waals surface area (Å²) in [5.41, 5.74) is 5.91. The van der Waals surface area contributed by atoms with E-state index in [4.69, 9.17) is 10.5 Å². The molecule has 2 fully saturated rings. The van der Waals surface area contributed by atoms with Gasteiger partial charge in [0.1, 0.15) is 5.69 Å². The first kappa shape index (κ1) is 13.7. The molecule has 1 aromatic heterocycles. The molecule has 1 aromatic rings. The van der Waals surface area contributed by atoms with Crippen molar-refractivity contribution in [1.29, 1.82) is 0 Å². The van der Waals surface area contributed by atoms with E-state index < -0.39 is 0 Å². The van der Waals surface area contributed by atoms with Crippen LogP contribution in [0.2, 0.25) is 0 Å². The molecule has 0 aromatic carbocycles. The molecule has 0 bridgehead atoms. The second-order valence-electron chi connectivity index (χ2n) is 5.95. The van der Waals surface area contributed by atoms with Gasteiger partial charge in [-0.25, -0.2) is 0 Å². The summed E-state index contributed by atoms with van der Waals surface area (Å²) < 4.78 is 7.61. The van der Waals surface area contributed by atoms with E-state index in [2.05, 4.69) is 10.3 Å². The van der Waals surface area contributed by atoms with E-state index in [1.54, 1.807) is 10.9 Å². The van der Waals surface area contributed by atoms with Crippen molar-refractivity contribution in [2.24, 2.45) is 11.7 Å². The van der Waals surface area contributed by atoms with Crippen LogP contribution in [0.4, 0.5) is 0 Å². The Morgan fingerprint density at radius 1 is 1.50 bits per heavy atom. The van der Waals surface area contributed by atoms with E-state index >= 15 is 0 Å². The first-order valence-corrected chi connectivity index (χ1v) is 7.51. The molecule has 6 nitrogen and oxygen atoms in total. The third-order valence-electron chi connectivity index (χ3n) is 4.53. The Kier molecular flexibility index (Phi) is 3.85. The smallest absolute Gasteiger partial charge is 0.187 e. The summed E-state index contributed by atoms with van der Waals surface area (Å²) in [4.78, 5) is 12.6. The Hall–Kier alpha value is -1.27. The molecule has 0 amide bonds. The van der Waals surface area contributed by atoms with Crippen LogP contribution in [0.15, 0.2) is 6.20 Å². The largest absolute Gasteiger partial charge is 0.375 e. The summed E-state index contributed by atoms with van der Waals surface area (Å²) in [6.07, 6.45) is 7.97. The highest BCUT2D eigenvalue weighted by atomic mass is 16.5. The van der Waals surface area contributed by atoms with Crippen LogP contribution < -0.4 is 5.73 Å². The van der Waals surface area contributed by atoms with Gasteiger partial charge in [-0.05, 0) is 25.7 Å². The van der Waals surface area contributed by atoms with Crippen LogP contribution in [0.5, 0.6) is 0 Å². The molecule has 1 unspecified atom stereocenters. The SMILES string of the molecule is NCCn1cc(C(=O)C2CCOC3(CCCC3)C2)nn1. The maximum absolute atomic E-state index is 12.6. The molecule has 1 aliphatic heterocycles. The van der Waals surface area contributed by atoms with Crippen molar-refractivity contribution in [3.05, 3.63) is 11.9 Å². The number of nitrogens with zero attached hydrogens (tertiary/aromatic N) is 3. The molecule has 2 aliphatic rings. The summed E-state index contributed by atoms with van der Waals surface area (Å²) in [7, 11) is 0. The molecule has 0 radical (unpaired) electrons. The maximum atomic E-state index is 12.6. The molecule has 1 saturated carbocycles. The maximum Gasteiger partial charge on any atom is 0.187 e. The Morgan fingerprint density at radius 2 is 2.30 bits per heavy atom. The van der Waals surface area contributed by atoms with E-state index in [0.29, 0.717) is 25.4 Å². The van der Waals surface area contributed by atoms with Crippen molar-refractivity contribution in [3.63, 3.8) is 0 Å². The lowest BCUT2D eigenvalue weighted by Gasteiger charge is -2.37. The van der Waals surface area contributed by atoms with E-state index in [1.165, 1.54) is 12.8 Å². The minimum atomic E-state index is -0.0359. The third kappa shape index (κ3) is 2.62. The Morgan fingerprint density at radius 3 is 3.05 bits per heavy atom. The summed E-state index contributed by atoms with van der Waals surface area (Å²) in [5, 5.41) is 7.94. The normalized spacial score (nSPS) is 25.1. The fraction of sp³-hybridized carbons (Fsp3) is 0.786. The zero-order chi connectivity index (χ0) is 14.0. The minimum Gasteiger partial charge on any atom is -0.375 e. The van der Waals surface area contributed by atoms with E-state index in [0.717, 1.165) is 25.7 Å². The number of nitrogens with two attached hydrogens (primary N) is 1. The monoisotopic (exact) mass is 278 g/mol. The van der Waals surface area contributed by atoms with Crippen LogP contribution in [0.25, 0.3) is 0 Å². The van der Waals surface area contributed by atoms with Crippen LogP contribution >= 0.6 is 0 Å². The van der Waals surface area contributed by atoms with Gasteiger partial charge in [-0.1, -0.05) is 18.1 Å². The summed E-state index contributed by atoms with van der Waals surface area (Å²) in [6.45, 7) is 1.78. The highest BCUT2D eigenvalue weighted by molar-refractivity contribution is 5.95. The number of carbonyl (C=O) groups is 1. The van der Waals surface area contributed by atoms with Crippen molar-refractivity contribution < 1.29 is 9.53 Å². The van der Waals surface area contributed by atoms with Gasteiger partial charge in [0, 0.05) is 19.1 Å². The molecule has 110 valence electrons. The first-order chi connectivity index (χ1) is 9.72. The number of aromatic nitrogens is 3. The minimum absolute atomic E-state index is 0.0323. The molecule has 2 heterocycles. The Balaban J connectivity index is 1.69. The van der Waals surface area contributed by atoms with Gasteiger partial charge in [0.15, 0.2) is 5.78 Å². The number of hydrogen-bond acceptors (Lipinski definition) is 5. The van der Waals surface area contributed by atoms with Gasteiger partial charge in [-0.2, -0.15) is 0 Å². The number of Topliss-reactive ketones (excluding diaryl/α,β-unsaturated/α-hetero) is 1. The molecule has 6 heteroatoms. The molecular formula is C14H22N4O2. The lowest BCUT2D eigenvalue weighted by atomic mass is 9.82. The number of ether oxygens (including phenoxy) is 1. The zero-order valence-electron chi connectivity index (χ0n) is 11.8. The number of rotatable bonds is 4. The standard InChI is InChI=1S/C14H22N4O2/c15-6-7-18-10-12(16-17-18)13(19)11-3-8-20-14(9-11)4-1-2-5-14/h10-11H,1-9,15H2. The van der Waals surface area contributed by atoms with Crippen molar-refractivity contribution in [3.8, 4) is 0 Å². The molecule has 1 atom stereocenters.